The van der Waals surface area contributed by atoms with Gasteiger partial charge in [0.1, 0.15) is 11.6 Å². The minimum atomic E-state index is -4.62. The van der Waals surface area contributed by atoms with Gasteiger partial charge in [-0.15, -0.1) is 0 Å². The van der Waals surface area contributed by atoms with Gasteiger partial charge in [0.25, 0.3) is 0 Å². The van der Waals surface area contributed by atoms with Crippen molar-refractivity contribution in [2.75, 3.05) is 25.2 Å². The predicted molar refractivity (Wildman–Crippen MR) is 156 cm³/mol. The maximum absolute atomic E-state index is 14.7. The molecule has 0 N–H and O–H groups in total. The van der Waals surface area contributed by atoms with E-state index in [0.717, 1.165) is 24.3 Å². The molecule has 0 spiro atoms. The fraction of sp³-hybridized carbons (Fsp3) is 0.419. The first-order chi connectivity index (χ1) is 21.2. The van der Waals surface area contributed by atoms with Crippen LogP contribution in [0.5, 0.6) is 11.5 Å². The summed E-state index contributed by atoms with van der Waals surface area (Å²) in [6.45, 7) is 0.0150. The Kier molecular flexibility index (Phi) is 9.48. The summed E-state index contributed by atoms with van der Waals surface area (Å²) in [6.07, 6.45) is -4.19. The van der Waals surface area contributed by atoms with E-state index in [1.807, 2.05) is 0 Å². The minimum absolute atomic E-state index is 0.00626. The first-order valence-electron chi connectivity index (χ1n) is 14.3. The normalized spacial score (nSPS) is 22.0. The van der Waals surface area contributed by atoms with Gasteiger partial charge < -0.3 is 9.47 Å². The lowest BCUT2D eigenvalue weighted by Gasteiger charge is -2.45. The molecule has 2 heterocycles. The number of alkyl halides is 3. The molecule has 3 aromatic rings. The molecule has 5 rings (SSSR count). The van der Waals surface area contributed by atoms with Gasteiger partial charge in [-0.3, -0.25) is 0 Å². The number of rotatable bonds is 9. The third-order valence-electron chi connectivity index (χ3n) is 8.55. The Bertz CT molecular complexity index is 1730. The van der Waals surface area contributed by atoms with Gasteiger partial charge in [0.2, 0.25) is 10.0 Å². The zero-order chi connectivity index (χ0) is 32.6. The highest BCUT2D eigenvalue weighted by atomic mass is 32.2. The highest BCUT2D eigenvalue weighted by molar-refractivity contribution is 7.91. The summed E-state index contributed by atoms with van der Waals surface area (Å²) >= 11 is 0. The summed E-state index contributed by atoms with van der Waals surface area (Å²) in [7, 11) is -6.29. The zero-order valence-corrected chi connectivity index (χ0v) is 25.9. The molecule has 0 bridgehead atoms. The molecule has 45 heavy (non-hydrogen) atoms. The summed E-state index contributed by atoms with van der Waals surface area (Å²) < 4.78 is 133. The second kappa shape index (κ2) is 12.9. The highest BCUT2D eigenvalue weighted by Gasteiger charge is 2.45. The van der Waals surface area contributed by atoms with E-state index in [0.29, 0.717) is 23.4 Å². The van der Waals surface area contributed by atoms with E-state index >= 15 is 0 Å². The molecule has 0 aliphatic carbocycles. The Hall–Kier alpha value is -3.23. The summed E-state index contributed by atoms with van der Waals surface area (Å²) in [5.41, 5.74) is -0.232. The first-order valence-corrected chi connectivity index (χ1v) is 17.6. The number of halogens is 5. The van der Waals surface area contributed by atoms with E-state index < -0.39 is 55.0 Å². The summed E-state index contributed by atoms with van der Waals surface area (Å²) in [4.78, 5) is -0.270. The summed E-state index contributed by atoms with van der Waals surface area (Å²) in [5.74, 6) is -2.30. The second-order valence-corrected chi connectivity index (χ2v) is 15.5. The number of nitrogens with zero attached hydrogens (tertiary/aromatic N) is 1. The van der Waals surface area contributed by atoms with Crippen LogP contribution < -0.4 is 9.47 Å². The average molecular weight is 674 g/mol. The van der Waals surface area contributed by atoms with Gasteiger partial charge in [-0.2, -0.15) is 17.5 Å². The van der Waals surface area contributed by atoms with Crippen LogP contribution in [0, 0.1) is 23.5 Å². The molecule has 0 unspecified atom stereocenters. The van der Waals surface area contributed by atoms with E-state index in [1.165, 1.54) is 11.4 Å². The quantitative estimate of drug-likeness (QED) is 0.258. The van der Waals surface area contributed by atoms with Gasteiger partial charge in [-0.1, -0.05) is 12.1 Å². The Morgan fingerprint density at radius 1 is 0.978 bits per heavy atom. The van der Waals surface area contributed by atoms with Crippen molar-refractivity contribution in [2.45, 2.75) is 49.3 Å². The number of ether oxygens (including phenoxy) is 2. The van der Waals surface area contributed by atoms with Gasteiger partial charge >= 0.3 is 6.18 Å². The molecule has 0 aromatic heterocycles. The smallest absolute Gasteiger partial charge is 0.416 e. The van der Waals surface area contributed by atoms with Crippen molar-refractivity contribution in [1.82, 2.24) is 4.31 Å². The van der Waals surface area contributed by atoms with Crippen LogP contribution in [-0.2, 0) is 39.0 Å². The van der Waals surface area contributed by atoms with Crippen molar-refractivity contribution in [2.24, 2.45) is 11.8 Å². The lowest BCUT2D eigenvalue weighted by atomic mass is 9.77. The van der Waals surface area contributed by atoms with Gasteiger partial charge in [-0.25, -0.2) is 25.6 Å². The molecule has 0 radical (unpaired) electrons. The Morgan fingerprint density at radius 3 is 2.29 bits per heavy atom. The van der Waals surface area contributed by atoms with E-state index in [4.69, 9.17) is 9.47 Å². The molecule has 244 valence electrons. The second-order valence-electron chi connectivity index (χ2n) is 11.3. The molecule has 0 saturated carbocycles. The number of hydrogen-bond acceptors (Lipinski definition) is 6. The van der Waals surface area contributed by atoms with Crippen molar-refractivity contribution in [1.29, 1.82) is 0 Å². The maximum atomic E-state index is 14.7. The van der Waals surface area contributed by atoms with Crippen LogP contribution in [0.15, 0.2) is 65.6 Å². The van der Waals surface area contributed by atoms with E-state index in [-0.39, 0.29) is 72.6 Å². The Labute approximate surface area is 258 Å². The number of sulfone groups is 1. The van der Waals surface area contributed by atoms with E-state index in [1.54, 1.807) is 24.3 Å². The molecule has 1 fully saturated rings. The van der Waals surface area contributed by atoms with E-state index in [9.17, 15) is 38.8 Å². The molecular formula is C31H32F5NO6S2. The largest absolute Gasteiger partial charge is 0.497 e. The van der Waals surface area contributed by atoms with Crippen LogP contribution in [0.4, 0.5) is 22.0 Å². The summed E-state index contributed by atoms with van der Waals surface area (Å²) in [6, 6.07) is 11.4. The van der Waals surface area contributed by atoms with Crippen molar-refractivity contribution >= 4 is 19.9 Å². The molecule has 2 aliphatic heterocycles. The first kappa shape index (κ1) is 33.1. The van der Waals surface area contributed by atoms with Crippen molar-refractivity contribution in [3.05, 3.63) is 89.0 Å². The topological polar surface area (TPSA) is 90.0 Å². The third-order valence-corrected chi connectivity index (χ3v) is 12.2. The lowest BCUT2D eigenvalue weighted by Crippen LogP contribution is -2.53. The van der Waals surface area contributed by atoms with E-state index in [2.05, 4.69) is 0 Å². The summed E-state index contributed by atoms with van der Waals surface area (Å²) in [5, 5.41) is 0. The number of methoxy groups -OCH3 is 1. The highest BCUT2D eigenvalue weighted by Crippen LogP contribution is 2.41. The predicted octanol–water partition coefficient (Wildman–Crippen LogP) is 6.02. The molecule has 7 nitrogen and oxygen atoms in total. The lowest BCUT2D eigenvalue weighted by molar-refractivity contribution is -0.137. The fourth-order valence-corrected chi connectivity index (χ4v) is 9.37. The fourth-order valence-electron chi connectivity index (χ4n) is 6.21. The van der Waals surface area contributed by atoms with Gasteiger partial charge in [0, 0.05) is 24.1 Å². The van der Waals surface area contributed by atoms with Gasteiger partial charge in [0.05, 0.1) is 35.7 Å². The molecule has 0 amide bonds. The van der Waals surface area contributed by atoms with Crippen LogP contribution >= 0.6 is 0 Å². The Balaban J connectivity index is 1.41. The van der Waals surface area contributed by atoms with Crippen LogP contribution in [0.25, 0.3) is 0 Å². The minimum Gasteiger partial charge on any atom is -0.497 e. The average Bonchev–Trinajstić information content (AvgIpc) is 3.00. The maximum Gasteiger partial charge on any atom is 0.416 e. The Morgan fingerprint density at radius 2 is 1.64 bits per heavy atom. The molecule has 3 atom stereocenters. The van der Waals surface area contributed by atoms with Crippen LogP contribution in [0.3, 0.4) is 0 Å². The number of sulfonamides is 1. The van der Waals surface area contributed by atoms with Crippen molar-refractivity contribution in [3.63, 3.8) is 0 Å². The SMILES string of the molecule is COc1ccc(CN2[C@H](CCCS(=O)(=O)c3ccc(C(F)(F)F)cc3)[C@H]([C@@H]3COc4c(F)ccc(F)c4C3)CCS2(=O)=O)cc1. The monoisotopic (exact) mass is 673 g/mol. The number of hydrogen-bond donors (Lipinski definition) is 0. The van der Waals surface area contributed by atoms with Crippen molar-refractivity contribution < 1.29 is 48.3 Å². The molecular weight excluding hydrogens is 641 g/mol. The standard InChI is InChI=1S/C31H32F5NO6S2/c1-42-23-8-4-20(5-9-23)18-37-29(3-2-15-44(38,39)24-10-6-22(7-11-24)31(34,35)36)25(14-16-45(37,40)41)21-17-26-27(32)12-13-28(33)30(26)43-19-21/h4-13,21,25,29H,2-3,14-19H2,1H3/t21-,25-,29+/m0/s1. The molecule has 2 aliphatic rings. The number of benzene rings is 3. The van der Waals surface area contributed by atoms with Gasteiger partial charge in [0.15, 0.2) is 21.4 Å². The zero-order valence-electron chi connectivity index (χ0n) is 24.3. The molecule has 3 aromatic carbocycles. The van der Waals surface area contributed by atoms with Crippen molar-refractivity contribution in [3.8, 4) is 11.5 Å². The van der Waals surface area contributed by atoms with Crippen LogP contribution in [-0.4, -0.2) is 52.4 Å². The third kappa shape index (κ3) is 7.28. The van der Waals surface area contributed by atoms with Gasteiger partial charge in [-0.05, 0) is 85.7 Å². The van der Waals surface area contributed by atoms with Crippen LogP contribution in [0.2, 0.25) is 0 Å². The molecule has 1 saturated heterocycles. The molecule has 14 heteroatoms. The van der Waals surface area contributed by atoms with Crippen LogP contribution in [0.1, 0.15) is 36.0 Å². The number of fused-ring (bicyclic) bond motifs is 1.